The molecule has 32 heavy (non-hydrogen) atoms. The number of hydrogen-bond acceptors (Lipinski definition) is 5. The number of fused-ring (bicyclic) bond motifs is 1. The molecule has 1 heterocycles. The maximum absolute atomic E-state index is 12.4. The van der Waals surface area contributed by atoms with Crippen LogP contribution >= 0.6 is 23.2 Å². The first-order valence-corrected chi connectivity index (χ1v) is 12.2. The molecule has 2 N–H and O–H groups in total. The third-order valence-corrected chi connectivity index (χ3v) is 6.88. The monoisotopic (exact) mass is 475 g/mol. The van der Waals surface area contributed by atoms with Gasteiger partial charge in [-0.25, -0.2) is 4.98 Å². The van der Waals surface area contributed by atoms with Crippen molar-refractivity contribution in [2.75, 3.05) is 30.9 Å². The second-order valence-corrected chi connectivity index (χ2v) is 10.0. The van der Waals surface area contributed by atoms with Crippen LogP contribution in [-0.2, 0) is 12.8 Å². The molecule has 172 valence electrons. The highest BCUT2D eigenvalue weighted by molar-refractivity contribution is 6.35. The number of aryl methyl sites for hydroxylation is 1. The summed E-state index contributed by atoms with van der Waals surface area (Å²) in [5, 5.41) is 7.56. The molecule has 0 atom stereocenters. The van der Waals surface area contributed by atoms with E-state index in [1.54, 1.807) is 18.2 Å². The molecule has 1 aromatic carbocycles. The minimum absolute atomic E-state index is 0.131. The van der Waals surface area contributed by atoms with E-state index >= 15 is 0 Å². The van der Waals surface area contributed by atoms with Crippen LogP contribution in [0.15, 0.2) is 18.2 Å². The van der Waals surface area contributed by atoms with Gasteiger partial charge in [0.1, 0.15) is 5.82 Å². The van der Waals surface area contributed by atoms with Crippen LogP contribution < -0.4 is 15.5 Å². The highest BCUT2D eigenvalue weighted by atomic mass is 35.5. The Bertz CT molecular complexity index is 953. The van der Waals surface area contributed by atoms with Crippen LogP contribution in [0.1, 0.15) is 60.1 Å². The molecule has 2 aromatic rings. The topological polar surface area (TPSA) is 70.2 Å². The Labute approximate surface area is 200 Å². The lowest BCUT2D eigenvalue weighted by Gasteiger charge is -2.30. The summed E-state index contributed by atoms with van der Waals surface area (Å²) in [4.78, 5) is 24.2. The molecule has 0 bridgehead atoms. The summed E-state index contributed by atoms with van der Waals surface area (Å²) in [7, 11) is 4.11. The molecule has 0 aliphatic heterocycles. The number of benzene rings is 1. The smallest absolute Gasteiger partial charge is 0.251 e. The van der Waals surface area contributed by atoms with Gasteiger partial charge in [0.2, 0.25) is 5.95 Å². The van der Waals surface area contributed by atoms with Crippen LogP contribution in [0, 0.1) is 5.92 Å². The van der Waals surface area contributed by atoms with Crippen molar-refractivity contribution < 1.29 is 4.79 Å². The summed E-state index contributed by atoms with van der Waals surface area (Å²) in [6.07, 6.45) is 8.73. The second-order valence-electron chi connectivity index (χ2n) is 9.13. The Morgan fingerprint density at radius 2 is 1.72 bits per heavy atom. The zero-order valence-corrected chi connectivity index (χ0v) is 20.3. The molecule has 2 aliphatic rings. The number of halogens is 2. The number of carbonyl (C=O) groups is 1. The summed E-state index contributed by atoms with van der Waals surface area (Å²) < 4.78 is 0. The molecular formula is C24H31Cl2N5O. The van der Waals surface area contributed by atoms with Crippen LogP contribution in [0.25, 0.3) is 0 Å². The van der Waals surface area contributed by atoms with Crippen molar-refractivity contribution >= 4 is 40.9 Å². The fourth-order valence-corrected chi connectivity index (χ4v) is 5.25. The standard InChI is InChI=1S/C24H31Cl2N5O/c1-31(2)22-20-5-3-4-6-21(20)29-24(30-22)28-19-9-7-15(8-10-19)14-27-23(32)16-11-17(25)13-18(26)12-16/h11-13,15,19H,3-10,14H2,1-2H3,(H,27,32)(H,28,29,30). The van der Waals surface area contributed by atoms with Crippen molar-refractivity contribution in [3.8, 4) is 0 Å². The van der Waals surface area contributed by atoms with E-state index in [0.717, 1.165) is 50.3 Å². The lowest BCUT2D eigenvalue weighted by Crippen LogP contribution is -2.34. The maximum atomic E-state index is 12.4. The van der Waals surface area contributed by atoms with Crippen molar-refractivity contribution in [2.45, 2.75) is 57.4 Å². The largest absolute Gasteiger partial charge is 0.362 e. The third-order valence-electron chi connectivity index (χ3n) is 6.44. The van der Waals surface area contributed by atoms with Crippen LogP contribution in [-0.4, -0.2) is 42.6 Å². The average Bonchev–Trinajstić information content (AvgIpc) is 2.77. The van der Waals surface area contributed by atoms with E-state index in [1.165, 1.54) is 24.1 Å². The van der Waals surface area contributed by atoms with Crippen LogP contribution in [0.2, 0.25) is 10.0 Å². The number of rotatable bonds is 6. The average molecular weight is 476 g/mol. The first kappa shape index (κ1) is 23.1. The predicted molar refractivity (Wildman–Crippen MR) is 131 cm³/mol. The molecule has 1 saturated carbocycles. The van der Waals surface area contributed by atoms with Crippen molar-refractivity contribution in [1.82, 2.24) is 15.3 Å². The number of nitrogens with one attached hydrogen (secondary N) is 2. The van der Waals surface area contributed by atoms with Crippen LogP contribution in [0.4, 0.5) is 11.8 Å². The normalized spacial score (nSPS) is 20.4. The van der Waals surface area contributed by atoms with Crippen molar-refractivity contribution in [3.63, 3.8) is 0 Å². The van der Waals surface area contributed by atoms with E-state index in [2.05, 4.69) is 29.6 Å². The Morgan fingerprint density at radius 1 is 1.03 bits per heavy atom. The molecule has 1 aromatic heterocycles. The Kier molecular flexibility index (Phi) is 7.41. The van der Waals surface area contributed by atoms with Crippen molar-refractivity contribution in [2.24, 2.45) is 5.92 Å². The molecule has 0 saturated heterocycles. The number of nitrogens with zero attached hydrogens (tertiary/aromatic N) is 3. The van der Waals surface area contributed by atoms with Gasteiger partial charge < -0.3 is 15.5 Å². The number of aromatic nitrogens is 2. The van der Waals surface area contributed by atoms with Gasteiger partial charge in [0.15, 0.2) is 0 Å². The van der Waals surface area contributed by atoms with E-state index in [9.17, 15) is 4.79 Å². The molecule has 0 radical (unpaired) electrons. The molecule has 0 spiro atoms. The van der Waals surface area contributed by atoms with Crippen LogP contribution in [0.3, 0.4) is 0 Å². The minimum Gasteiger partial charge on any atom is -0.362 e. The Hall–Kier alpha value is -2.05. The first-order chi connectivity index (χ1) is 15.4. The summed E-state index contributed by atoms with van der Waals surface area (Å²) in [5.41, 5.74) is 3.02. The maximum Gasteiger partial charge on any atom is 0.251 e. The van der Waals surface area contributed by atoms with Gasteiger partial charge in [0.05, 0.1) is 5.69 Å². The van der Waals surface area contributed by atoms with Gasteiger partial charge >= 0.3 is 0 Å². The van der Waals surface area contributed by atoms with Gasteiger partial charge in [-0.05, 0) is 75.5 Å². The summed E-state index contributed by atoms with van der Waals surface area (Å²) in [6, 6.07) is 5.28. The molecule has 1 fully saturated rings. The summed E-state index contributed by atoms with van der Waals surface area (Å²) in [5.74, 6) is 2.14. The molecular weight excluding hydrogens is 445 g/mol. The Balaban J connectivity index is 1.30. The van der Waals surface area contributed by atoms with Crippen molar-refractivity contribution in [3.05, 3.63) is 45.1 Å². The molecule has 2 aliphatic carbocycles. The van der Waals surface area contributed by atoms with Gasteiger partial charge in [0, 0.05) is 47.9 Å². The number of hydrogen-bond donors (Lipinski definition) is 2. The van der Waals surface area contributed by atoms with Gasteiger partial charge in [-0.1, -0.05) is 23.2 Å². The van der Waals surface area contributed by atoms with E-state index in [4.69, 9.17) is 33.2 Å². The molecule has 4 rings (SSSR count). The minimum atomic E-state index is -0.131. The predicted octanol–water partition coefficient (Wildman–Crippen LogP) is 5.13. The molecule has 6 nitrogen and oxygen atoms in total. The number of carbonyl (C=O) groups excluding carboxylic acids is 1. The molecule has 0 unspecified atom stereocenters. The molecule has 8 heteroatoms. The number of anilines is 2. The van der Waals surface area contributed by atoms with Gasteiger partial charge in [-0.15, -0.1) is 0 Å². The first-order valence-electron chi connectivity index (χ1n) is 11.5. The number of amides is 1. The molecule has 1 amide bonds. The highest BCUT2D eigenvalue weighted by Crippen LogP contribution is 2.30. The second kappa shape index (κ2) is 10.3. The lowest BCUT2D eigenvalue weighted by molar-refractivity contribution is 0.0943. The van der Waals surface area contributed by atoms with Crippen molar-refractivity contribution in [1.29, 1.82) is 0 Å². The van der Waals surface area contributed by atoms with Crippen LogP contribution in [0.5, 0.6) is 0 Å². The van der Waals surface area contributed by atoms with Gasteiger partial charge in [-0.2, -0.15) is 4.98 Å². The lowest BCUT2D eigenvalue weighted by atomic mass is 9.86. The SMILES string of the molecule is CN(C)c1nc(NC2CCC(CNC(=O)c3cc(Cl)cc(Cl)c3)CC2)nc2c1CCCC2. The fraction of sp³-hybridized carbons (Fsp3) is 0.542. The fourth-order valence-electron chi connectivity index (χ4n) is 4.73. The van der Waals surface area contributed by atoms with E-state index in [1.807, 2.05) is 0 Å². The third kappa shape index (κ3) is 5.65. The highest BCUT2D eigenvalue weighted by Gasteiger charge is 2.24. The van der Waals surface area contributed by atoms with E-state index < -0.39 is 0 Å². The van der Waals surface area contributed by atoms with Gasteiger partial charge in [0.25, 0.3) is 5.91 Å². The van der Waals surface area contributed by atoms with Gasteiger partial charge in [-0.3, -0.25) is 4.79 Å². The zero-order valence-electron chi connectivity index (χ0n) is 18.8. The zero-order chi connectivity index (χ0) is 22.7. The quantitative estimate of drug-likeness (QED) is 0.605. The Morgan fingerprint density at radius 3 is 2.41 bits per heavy atom. The van der Waals surface area contributed by atoms with E-state index in [-0.39, 0.29) is 5.91 Å². The summed E-state index contributed by atoms with van der Waals surface area (Å²) >= 11 is 12.0. The summed E-state index contributed by atoms with van der Waals surface area (Å²) in [6.45, 7) is 0.663. The van der Waals surface area contributed by atoms with E-state index in [0.29, 0.717) is 34.1 Å².